The smallest absolute Gasteiger partial charge is 0.240 e. The van der Waals surface area contributed by atoms with Crippen LogP contribution in [0.2, 0.25) is 0 Å². The van der Waals surface area contributed by atoms with Gasteiger partial charge in [0.2, 0.25) is 6.29 Å². The van der Waals surface area contributed by atoms with Gasteiger partial charge < -0.3 is 20.9 Å². The molecular weight excluding hydrogens is 252 g/mol. The fourth-order valence-electron chi connectivity index (χ4n) is 1.73. The number of anilines is 2. The molecule has 0 radical (unpaired) electrons. The molecule has 4 N–H and O–H groups in total. The normalized spacial score (nSPS) is 11.9. The number of nitrogen functional groups attached to an aromatic ring is 2. The minimum atomic E-state index is -0.360. The molecule has 4 nitrogen and oxygen atoms in total. The van der Waals surface area contributed by atoms with E-state index in [1.165, 1.54) is 0 Å². The second kappa shape index (κ2) is 6.19. The van der Waals surface area contributed by atoms with Crippen LogP contribution in [0.4, 0.5) is 11.4 Å². The Bertz CT molecular complexity index is 567. The number of ether oxygens (including phenoxy) is 2. The van der Waals surface area contributed by atoms with Crippen molar-refractivity contribution in [2.24, 2.45) is 0 Å². The first-order valence-corrected chi connectivity index (χ1v) is 6.63. The molecule has 2 aromatic rings. The SMILES string of the molecule is CCC(Oc1ccc(N)cc1)Oc1ccc(C)c(N)c1. The number of aryl methyl sites for hydroxylation is 1. The van der Waals surface area contributed by atoms with E-state index in [1.54, 1.807) is 12.1 Å². The summed E-state index contributed by atoms with van der Waals surface area (Å²) in [4.78, 5) is 0. The summed E-state index contributed by atoms with van der Waals surface area (Å²) in [7, 11) is 0. The Morgan fingerprint density at radius 3 is 2.15 bits per heavy atom. The first-order valence-electron chi connectivity index (χ1n) is 6.63. The summed E-state index contributed by atoms with van der Waals surface area (Å²) >= 11 is 0. The van der Waals surface area contributed by atoms with Crippen LogP contribution in [0.1, 0.15) is 18.9 Å². The first-order chi connectivity index (χ1) is 9.58. The summed E-state index contributed by atoms with van der Waals surface area (Å²) in [6.45, 7) is 3.96. The third kappa shape index (κ3) is 3.57. The second-order valence-corrected chi connectivity index (χ2v) is 4.66. The van der Waals surface area contributed by atoms with E-state index in [-0.39, 0.29) is 6.29 Å². The maximum atomic E-state index is 5.87. The van der Waals surface area contributed by atoms with Gasteiger partial charge in [-0.1, -0.05) is 13.0 Å². The number of rotatable bonds is 5. The standard InChI is InChI=1S/C16H20N2O2/c1-3-16(19-13-8-5-12(17)6-9-13)20-14-7-4-11(2)15(18)10-14/h4-10,16H,3,17-18H2,1-2H3. The van der Waals surface area contributed by atoms with E-state index in [2.05, 4.69) is 0 Å². The largest absolute Gasteiger partial charge is 0.455 e. The van der Waals surface area contributed by atoms with Gasteiger partial charge in [0.1, 0.15) is 11.5 Å². The number of nitrogens with two attached hydrogens (primary N) is 2. The van der Waals surface area contributed by atoms with Gasteiger partial charge in [0.15, 0.2) is 0 Å². The van der Waals surface area contributed by atoms with E-state index < -0.39 is 0 Å². The third-order valence-electron chi connectivity index (χ3n) is 3.00. The van der Waals surface area contributed by atoms with E-state index in [4.69, 9.17) is 20.9 Å². The zero-order chi connectivity index (χ0) is 14.5. The van der Waals surface area contributed by atoms with Crippen LogP contribution in [-0.2, 0) is 0 Å². The average Bonchev–Trinajstić information content (AvgIpc) is 2.44. The summed E-state index contributed by atoms with van der Waals surface area (Å²) in [5.41, 5.74) is 14.0. The van der Waals surface area contributed by atoms with E-state index in [9.17, 15) is 0 Å². The van der Waals surface area contributed by atoms with Gasteiger partial charge in [-0.2, -0.15) is 0 Å². The van der Waals surface area contributed by atoms with Gasteiger partial charge in [0.05, 0.1) is 0 Å². The summed E-state index contributed by atoms with van der Waals surface area (Å²) in [5, 5.41) is 0. The molecule has 1 atom stereocenters. The molecule has 4 heteroatoms. The second-order valence-electron chi connectivity index (χ2n) is 4.66. The molecule has 2 aromatic carbocycles. The van der Waals surface area contributed by atoms with Crippen LogP contribution in [-0.4, -0.2) is 6.29 Å². The Balaban J connectivity index is 2.04. The van der Waals surface area contributed by atoms with E-state index in [0.717, 1.165) is 17.7 Å². The lowest BCUT2D eigenvalue weighted by molar-refractivity contribution is 0.00336. The van der Waals surface area contributed by atoms with Crippen LogP contribution in [0.3, 0.4) is 0 Å². The molecule has 0 aliphatic rings. The van der Waals surface area contributed by atoms with E-state index in [0.29, 0.717) is 17.1 Å². The molecule has 0 saturated carbocycles. The van der Waals surface area contributed by atoms with E-state index >= 15 is 0 Å². The molecule has 0 amide bonds. The quantitative estimate of drug-likeness (QED) is 0.647. The molecule has 0 aromatic heterocycles. The van der Waals surface area contributed by atoms with Crippen LogP contribution in [0.5, 0.6) is 11.5 Å². The number of benzene rings is 2. The molecule has 0 saturated heterocycles. The molecular formula is C16H20N2O2. The Hall–Kier alpha value is -2.36. The highest BCUT2D eigenvalue weighted by atomic mass is 16.7. The van der Waals surface area contributed by atoms with Gasteiger partial charge in [-0.15, -0.1) is 0 Å². The van der Waals surface area contributed by atoms with Crippen LogP contribution in [0.15, 0.2) is 42.5 Å². The van der Waals surface area contributed by atoms with Gasteiger partial charge in [-0.25, -0.2) is 0 Å². The van der Waals surface area contributed by atoms with Crippen LogP contribution < -0.4 is 20.9 Å². The van der Waals surface area contributed by atoms with Gasteiger partial charge in [-0.05, 0) is 42.8 Å². The number of hydrogen-bond acceptors (Lipinski definition) is 4. The van der Waals surface area contributed by atoms with Crippen LogP contribution in [0.25, 0.3) is 0 Å². The Labute approximate surface area is 119 Å². The Morgan fingerprint density at radius 1 is 0.950 bits per heavy atom. The third-order valence-corrected chi connectivity index (χ3v) is 3.00. The molecule has 0 heterocycles. The lowest BCUT2D eigenvalue weighted by Gasteiger charge is -2.19. The van der Waals surface area contributed by atoms with Crippen molar-refractivity contribution in [2.45, 2.75) is 26.6 Å². The highest BCUT2D eigenvalue weighted by Gasteiger charge is 2.10. The zero-order valence-electron chi connectivity index (χ0n) is 11.8. The molecule has 0 fully saturated rings. The first kappa shape index (κ1) is 14.1. The number of hydrogen-bond donors (Lipinski definition) is 2. The molecule has 0 bridgehead atoms. The summed E-state index contributed by atoms with van der Waals surface area (Å²) in [6, 6.07) is 12.9. The highest BCUT2D eigenvalue weighted by molar-refractivity contribution is 5.50. The van der Waals surface area contributed by atoms with Gasteiger partial charge in [0, 0.05) is 23.9 Å². The maximum Gasteiger partial charge on any atom is 0.240 e. The molecule has 0 aliphatic heterocycles. The topological polar surface area (TPSA) is 70.5 Å². The Morgan fingerprint density at radius 2 is 1.55 bits per heavy atom. The zero-order valence-corrected chi connectivity index (χ0v) is 11.8. The van der Waals surface area contributed by atoms with Crippen LogP contribution in [0, 0.1) is 6.92 Å². The summed E-state index contributed by atoms with van der Waals surface area (Å²) in [6.07, 6.45) is 0.360. The molecule has 0 aliphatic carbocycles. The maximum absolute atomic E-state index is 5.87. The molecule has 106 valence electrons. The summed E-state index contributed by atoms with van der Waals surface area (Å²) in [5.74, 6) is 1.43. The van der Waals surface area contributed by atoms with Gasteiger partial charge >= 0.3 is 0 Å². The van der Waals surface area contributed by atoms with Crippen LogP contribution >= 0.6 is 0 Å². The molecule has 20 heavy (non-hydrogen) atoms. The van der Waals surface area contributed by atoms with Gasteiger partial charge in [0.25, 0.3) is 0 Å². The molecule has 2 rings (SSSR count). The highest BCUT2D eigenvalue weighted by Crippen LogP contribution is 2.22. The fourth-order valence-corrected chi connectivity index (χ4v) is 1.73. The van der Waals surface area contributed by atoms with Crippen molar-refractivity contribution in [3.05, 3.63) is 48.0 Å². The predicted octanol–water partition coefficient (Wildman–Crippen LogP) is 3.35. The van der Waals surface area contributed by atoms with Gasteiger partial charge in [-0.3, -0.25) is 0 Å². The van der Waals surface area contributed by atoms with Crippen molar-refractivity contribution >= 4 is 11.4 Å². The predicted molar refractivity (Wildman–Crippen MR) is 81.8 cm³/mol. The average molecular weight is 272 g/mol. The van der Waals surface area contributed by atoms with E-state index in [1.807, 2.05) is 44.2 Å². The molecule has 1 unspecified atom stereocenters. The van der Waals surface area contributed by atoms with Crippen molar-refractivity contribution in [1.29, 1.82) is 0 Å². The van der Waals surface area contributed by atoms with Crippen molar-refractivity contribution in [3.63, 3.8) is 0 Å². The fraction of sp³-hybridized carbons (Fsp3) is 0.250. The lowest BCUT2D eigenvalue weighted by atomic mass is 10.2. The van der Waals surface area contributed by atoms with Crippen molar-refractivity contribution in [1.82, 2.24) is 0 Å². The van der Waals surface area contributed by atoms with Crippen molar-refractivity contribution in [2.75, 3.05) is 11.5 Å². The minimum absolute atomic E-state index is 0.360. The molecule has 0 spiro atoms. The van der Waals surface area contributed by atoms with Crippen molar-refractivity contribution in [3.8, 4) is 11.5 Å². The summed E-state index contributed by atoms with van der Waals surface area (Å²) < 4.78 is 11.6. The minimum Gasteiger partial charge on any atom is -0.455 e. The lowest BCUT2D eigenvalue weighted by Crippen LogP contribution is -2.22. The van der Waals surface area contributed by atoms with Crippen molar-refractivity contribution < 1.29 is 9.47 Å². The monoisotopic (exact) mass is 272 g/mol. The Kier molecular flexibility index (Phi) is 4.35.